The van der Waals surface area contributed by atoms with Gasteiger partial charge in [0.1, 0.15) is 24.7 Å². The van der Waals surface area contributed by atoms with Gasteiger partial charge in [-0.2, -0.15) is 19.6 Å². The van der Waals surface area contributed by atoms with E-state index in [1.807, 2.05) is 82.1 Å². The zero-order valence-electron chi connectivity index (χ0n) is 33.8. The van der Waals surface area contributed by atoms with Gasteiger partial charge in [-0.3, -0.25) is 0 Å². The third-order valence-corrected chi connectivity index (χ3v) is 13.3. The zero-order chi connectivity index (χ0) is 41.5. The van der Waals surface area contributed by atoms with Crippen molar-refractivity contribution in [1.29, 1.82) is 0 Å². The third-order valence-electron chi connectivity index (χ3n) is 10.9. The minimum absolute atomic E-state index is 0.160. The molecule has 10 nitrogen and oxygen atoms in total. The van der Waals surface area contributed by atoms with Crippen molar-refractivity contribution in [3.63, 3.8) is 0 Å². The summed E-state index contributed by atoms with van der Waals surface area (Å²) < 4.78 is 16.2. The van der Waals surface area contributed by atoms with Gasteiger partial charge in [-0.05, 0) is 70.5 Å². The van der Waals surface area contributed by atoms with Crippen molar-refractivity contribution in [3.05, 3.63) is 215 Å². The van der Waals surface area contributed by atoms with E-state index in [0.29, 0.717) is 11.6 Å². The number of fused-ring (bicyclic) bond motifs is 2. The Morgan fingerprint density at radius 3 is 1.19 bits per heavy atom. The Morgan fingerprint density at radius 1 is 0.435 bits per heavy atom. The molecule has 2 atom stereocenters. The van der Waals surface area contributed by atoms with Gasteiger partial charge in [0.05, 0.1) is 11.4 Å². The minimum Gasteiger partial charge on any atom is -0.486 e. The Bertz CT molecular complexity index is 2600. The van der Waals surface area contributed by atoms with Gasteiger partial charge in [-0.1, -0.05) is 169 Å². The van der Waals surface area contributed by atoms with Gasteiger partial charge in [-0.25, -0.2) is 0 Å². The summed E-state index contributed by atoms with van der Waals surface area (Å²) in [6, 6.07) is 58.3. The predicted molar refractivity (Wildman–Crippen MR) is 245 cm³/mol. The maximum Gasteiger partial charge on any atom is 0.212 e. The highest BCUT2D eigenvalue weighted by Crippen LogP contribution is 2.42. The largest absolute Gasteiger partial charge is 0.486 e. The lowest BCUT2D eigenvalue weighted by atomic mass is 10.0. The Kier molecular flexibility index (Phi) is 11.7. The average molecular weight is 851 g/mol. The summed E-state index contributed by atoms with van der Waals surface area (Å²) in [4.78, 5) is 0. The Hall–Kier alpha value is -6.76. The van der Waals surface area contributed by atoms with Crippen LogP contribution in [0.3, 0.4) is 0 Å². The van der Waals surface area contributed by atoms with Crippen LogP contribution < -0.4 is 9.47 Å². The number of ether oxygens (including phenoxy) is 2. The van der Waals surface area contributed by atoms with Crippen molar-refractivity contribution < 1.29 is 9.47 Å². The maximum atomic E-state index is 6.24. The van der Waals surface area contributed by atoms with Crippen molar-refractivity contribution in [3.8, 4) is 11.5 Å². The monoisotopic (exact) mass is 850 g/mol. The van der Waals surface area contributed by atoms with Gasteiger partial charge < -0.3 is 9.47 Å². The number of rotatable bonds is 13. The van der Waals surface area contributed by atoms with Gasteiger partial charge in [-0.15, -0.1) is 20.4 Å². The third kappa shape index (κ3) is 9.12. The smallest absolute Gasteiger partial charge is 0.212 e. The summed E-state index contributed by atoms with van der Waals surface area (Å²) in [5, 5.41) is 30.1. The molecule has 2 aliphatic rings. The quantitative estimate of drug-likeness (QED) is 0.113. The number of aryl methyl sites for hydroxylation is 2. The highest BCUT2D eigenvalue weighted by molar-refractivity contribution is 7.99. The van der Waals surface area contributed by atoms with E-state index in [2.05, 4.69) is 117 Å². The second-order valence-electron chi connectivity index (χ2n) is 15.1. The zero-order valence-corrected chi connectivity index (χ0v) is 35.4. The van der Waals surface area contributed by atoms with E-state index in [4.69, 9.17) is 19.7 Å². The van der Waals surface area contributed by atoms with Crippen LogP contribution in [0.15, 0.2) is 190 Å². The number of nitrogens with zero attached hydrogens (tertiary/aromatic N) is 8. The van der Waals surface area contributed by atoms with Gasteiger partial charge in [0.2, 0.25) is 10.3 Å². The van der Waals surface area contributed by atoms with E-state index in [-0.39, 0.29) is 23.7 Å². The molecule has 0 amide bonds. The molecule has 2 unspecified atom stereocenters. The fourth-order valence-electron chi connectivity index (χ4n) is 7.54. The summed E-state index contributed by atoms with van der Waals surface area (Å²) in [5.74, 6) is 2.85. The topological polar surface area (TPSA) is 105 Å². The lowest BCUT2D eigenvalue weighted by molar-refractivity contribution is 0.289. The van der Waals surface area contributed by atoms with E-state index in [1.165, 1.54) is 22.3 Å². The molecule has 62 heavy (non-hydrogen) atoms. The molecule has 0 aliphatic carbocycles. The van der Waals surface area contributed by atoms with Crippen LogP contribution in [-0.4, -0.2) is 41.2 Å². The minimum atomic E-state index is 0.160. The summed E-state index contributed by atoms with van der Waals surface area (Å²) in [6.07, 6.45) is 3.33. The molecule has 0 N–H and O–H groups in total. The lowest BCUT2D eigenvalue weighted by Crippen LogP contribution is -2.09. The molecule has 0 fully saturated rings. The number of hydrogen-bond acceptors (Lipinski definition) is 10. The number of hydrogen-bond donors (Lipinski definition) is 0. The number of thioether (sulfide) groups is 2. The van der Waals surface area contributed by atoms with Crippen LogP contribution >= 0.6 is 23.5 Å². The first-order valence-electron chi connectivity index (χ1n) is 20.7. The predicted octanol–water partition coefficient (Wildman–Crippen LogP) is 10.8. The van der Waals surface area contributed by atoms with Crippen molar-refractivity contribution in [2.45, 2.75) is 59.7 Å². The number of aromatic nitrogens is 6. The van der Waals surface area contributed by atoms with Crippen LogP contribution in [-0.2, 0) is 26.1 Å². The first kappa shape index (κ1) is 39.4. The van der Waals surface area contributed by atoms with Crippen LogP contribution in [0.1, 0.15) is 68.4 Å². The van der Waals surface area contributed by atoms with E-state index in [9.17, 15) is 0 Å². The molecule has 6 aromatic carbocycles. The normalized spacial score (nSPS) is 15.9. The molecule has 2 aromatic heterocycles. The van der Waals surface area contributed by atoms with Crippen molar-refractivity contribution in [1.82, 2.24) is 29.7 Å². The molecule has 2 aliphatic heterocycles. The molecular formula is C50H42N8O2S2. The Morgan fingerprint density at radius 2 is 0.806 bits per heavy atom. The molecule has 10 rings (SSSR count). The molecule has 12 heteroatoms. The maximum absolute atomic E-state index is 6.24. The van der Waals surface area contributed by atoms with E-state index < -0.39 is 0 Å². The molecule has 0 radical (unpaired) electrons. The van der Waals surface area contributed by atoms with E-state index in [0.717, 1.165) is 70.0 Å². The molecular weight excluding hydrogens is 809 g/mol. The van der Waals surface area contributed by atoms with Crippen LogP contribution in [0.5, 0.6) is 11.5 Å². The molecule has 306 valence electrons. The Labute approximate surface area is 368 Å². The van der Waals surface area contributed by atoms with Crippen LogP contribution in [0.2, 0.25) is 0 Å². The highest BCUT2D eigenvalue weighted by Gasteiger charge is 2.28. The van der Waals surface area contributed by atoms with Crippen molar-refractivity contribution in [2.75, 3.05) is 0 Å². The second-order valence-corrected chi connectivity index (χ2v) is 17.4. The summed E-state index contributed by atoms with van der Waals surface area (Å²) >= 11 is 3.37. The molecule has 0 saturated carbocycles. The van der Waals surface area contributed by atoms with Gasteiger partial charge in [0.25, 0.3) is 0 Å². The standard InChI is InChI=1S/C50H42N8O2S2/c1-5-13-37(14-6-1)43-31-45(39-17-9-3-10-18-39)61-49-53-51-47(57(49)55-43)33-59-41-27-23-35(24-28-41)21-22-36-25-29-42(30-26-36)60-34-48-52-54-50-58(48)56-44(38-15-7-2-8-16-38)32-46(62-50)40-19-11-4-12-20-40/h1-20,23-30,45-46H,21-22,31-34H2. The number of benzene rings is 6. The van der Waals surface area contributed by atoms with Crippen molar-refractivity contribution >= 4 is 34.9 Å². The fraction of sp³-hybridized carbons (Fsp3) is 0.160. The van der Waals surface area contributed by atoms with Crippen molar-refractivity contribution in [2.24, 2.45) is 10.2 Å². The first-order valence-corrected chi connectivity index (χ1v) is 22.5. The van der Waals surface area contributed by atoms with E-state index in [1.54, 1.807) is 23.5 Å². The summed E-state index contributed by atoms with van der Waals surface area (Å²) in [6.45, 7) is 0.496. The molecule has 8 aromatic rings. The van der Waals surface area contributed by atoms with Crippen LogP contribution in [0, 0.1) is 0 Å². The highest BCUT2D eigenvalue weighted by atomic mass is 32.2. The molecule has 0 saturated heterocycles. The van der Waals surface area contributed by atoms with Crippen LogP contribution in [0.4, 0.5) is 0 Å². The second kappa shape index (κ2) is 18.5. The van der Waals surface area contributed by atoms with Gasteiger partial charge >= 0.3 is 0 Å². The Balaban J connectivity index is 0.752. The average Bonchev–Trinajstić information content (AvgIpc) is 3.76. The summed E-state index contributed by atoms with van der Waals surface area (Å²) in [5.41, 5.74) is 9.08. The fourth-order valence-corrected chi connectivity index (χ4v) is 9.79. The lowest BCUT2D eigenvalue weighted by Gasteiger charge is -2.14. The molecule has 0 bridgehead atoms. The van der Waals surface area contributed by atoms with E-state index >= 15 is 0 Å². The van der Waals surface area contributed by atoms with Crippen LogP contribution in [0.25, 0.3) is 0 Å². The summed E-state index contributed by atoms with van der Waals surface area (Å²) in [7, 11) is 0. The van der Waals surface area contributed by atoms with Gasteiger partial charge in [0, 0.05) is 23.3 Å². The molecule has 4 heterocycles. The first-order chi connectivity index (χ1) is 30.7. The molecule has 0 spiro atoms. The SMILES string of the molecule is c1ccc(C2=Nn3c(COc4ccc(CCc5ccc(OCc6nnc7n6N=C(c6ccccc6)CC(c6ccccc6)S7)cc5)cc4)nnc3SC(c3ccccc3)C2)cc1. The van der Waals surface area contributed by atoms with Gasteiger partial charge in [0.15, 0.2) is 11.6 Å².